The molecule has 0 aliphatic heterocycles. The highest BCUT2D eigenvalue weighted by atomic mass is 127. The van der Waals surface area contributed by atoms with Gasteiger partial charge in [-0.1, -0.05) is 25.5 Å². The molecular weight excluding hydrogens is 389 g/mol. The van der Waals surface area contributed by atoms with Crippen LogP contribution in [0.4, 0.5) is 0 Å². The third-order valence-electron chi connectivity index (χ3n) is 3.37. The maximum atomic E-state index is 4.58. The van der Waals surface area contributed by atoms with E-state index >= 15 is 0 Å². The molecule has 0 saturated heterocycles. The van der Waals surface area contributed by atoms with E-state index in [0.29, 0.717) is 0 Å². The molecule has 0 aliphatic carbocycles. The van der Waals surface area contributed by atoms with Crippen LogP contribution in [0.25, 0.3) is 11.0 Å². The van der Waals surface area contributed by atoms with Crippen LogP contribution in [0, 0.1) is 0 Å². The zero-order chi connectivity index (χ0) is 14.9. The first-order valence-electron chi connectivity index (χ1n) is 7.71. The van der Waals surface area contributed by atoms with Crippen LogP contribution in [0.5, 0.6) is 0 Å². The standard InChI is InChI=1S/C16H25N5.HI/c1-3-4-11-18-16(17-2)19-12-7-10-15-20-13-8-5-6-9-14(13)21-15;/h5-6,8-9H,3-4,7,10-12H2,1-2H3,(H,20,21)(H2,17,18,19);1H. The highest BCUT2D eigenvalue weighted by Gasteiger charge is 2.02. The van der Waals surface area contributed by atoms with Crippen molar-refractivity contribution in [2.45, 2.75) is 32.6 Å². The Morgan fingerprint density at radius 2 is 1.91 bits per heavy atom. The summed E-state index contributed by atoms with van der Waals surface area (Å²) in [6, 6.07) is 8.13. The van der Waals surface area contributed by atoms with Gasteiger partial charge in [-0.3, -0.25) is 4.99 Å². The monoisotopic (exact) mass is 415 g/mol. The lowest BCUT2D eigenvalue weighted by Crippen LogP contribution is -2.38. The summed E-state index contributed by atoms with van der Waals surface area (Å²) >= 11 is 0. The Morgan fingerprint density at radius 1 is 1.18 bits per heavy atom. The normalized spacial score (nSPS) is 11.3. The molecule has 22 heavy (non-hydrogen) atoms. The first-order chi connectivity index (χ1) is 10.3. The molecule has 3 N–H and O–H groups in total. The number of halogens is 1. The number of guanidine groups is 1. The fraction of sp³-hybridized carbons (Fsp3) is 0.500. The van der Waals surface area contributed by atoms with Crippen LogP contribution in [0.1, 0.15) is 32.0 Å². The minimum atomic E-state index is 0. The minimum Gasteiger partial charge on any atom is -0.356 e. The first kappa shape index (κ1) is 18.7. The highest BCUT2D eigenvalue weighted by molar-refractivity contribution is 14.0. The zero-order valence-electron chi connectivity index (χ0n) is 13.4. The number of H-pyrrole nitrogens is 1. The van der Waals surface area contributed by atoms with Crippen molar-refractivity contribution in [2.24, 2.45) is 4.99 Å². The molecule has 0 aliphatic rings. The first-order valence-corrected chi connectivity index (χ1v) is 7.71. The number of aromatic nitrogens is 2. The van der Waals surface area contributed by atoms with Crippen LogP contribution < -0.4 is 10.6 Å². The molecule has 0 fully saturated rings. The van der Waals surface area contributed by atoms with Gasteiger partial charge in [-0.05, 0) is 25.0 Å². The maximum absolute atomic E-state index is 4.58. The van der Waals surface area contributed by atoms with Gasteiger partial charge in [0, 0.05) is 26.6 Å². The van der Waals surface area contributed by atoms with Crippen molar-refractivity contribution in [1.82, 2.24) is 20.6 Å². The van der Waals surface area contributed by atoms with Crippen molar-refractivity contribution in [3.05, 3.63) is 30.1 Å². The van der Waals surface area contributed by atoms with Gasteiger partial charge in [-0.15, -0.1) is 24.0 Å². The lowest BCUT2D eigenvalue weighted by Gasteiger charge is -2.10. The molecule has 6 heteroatoms. The molecule has 0 radical (unpaired) electrons. The molecule has 0 bridgehead atoms. The van der Waals surface area contributed by atoms with Gasteiger partial charge in [-0.2, -0.15) is 0 Å². The maximum Gasteiger partial charge on any atom is 0.190 e. The molecule has 2 rings (SSSR count). The van der Waals surface area contributed by atoms with Crippen LogP contribution in [0.3, 0.4) is 0 Å². The Kier molecular flexibility index (Phi) is 8.88. The van der Waals surface area contributed by atoms with Gasteiger partial charge < -0.3 is 15.6 Å². The van der Waals surface area contributed by atoms with Gasteiger partial charge in [0.1, 0.15) is 5.82 Å². The Morgan fingerprint density at radius 3 is 2.59 bits per heavy atom. The van der Waals surface area contributed by atoms with E-state index in [4.69, 9.17) is 0 Å². The van der Waals surface area contributed by atoms with Crippen molar-refractivity contribution >= 4 is 41.0 Å². The molecule has 0 spiro atoms. The van der Waals surface area contributed by atoms with Gasteiger partial charge in [-0.25, -0.2) is 4.98 Å². The molecule has 2 aromatic rings. The number of hydrogen-bond donors (Lipinski definition) is 3. The molecule has 1 heterocycles. The second-order valence-electron chi connectivity index (χ2n) is 5.08. The highest BCUT2D eigenvalue weighted by Crippen LogP contribution is 2.10. The Balaban J connectivity index is 0.00000242. The summed E-state index contributed by atoms with van der Waals surface area (Å²) in [5.74, 6) is 1.93. The number of fused-ring (bicyclic) bond motifs is 1. The molecule has 0 saturated carbocycles. The Labute approximate surface area is 149 Å². The van der Waals surface area contributed by atoms with E-state index in [1.54, 1.807) is 7.05 Å². The number of benzene rings is 1. The molecular formula is C16H26IN5. The SMILES string of the molecule is CCCCNC(=NC)NCCCc1nc2ccccc2[nH]1.I. The molecule has 5 nitrogen and oxygen atoms in total. The van der Waals surface area contributed by atoms with Crippen LogP contribution in [0.2, 0.25) is 0 Å². The summed E-state index contributed by atoms with van der Waals surface area (Å²) in [7, 11) is 1.81. The molecule has 0 unspecified atom stereocenters. The molecule has 0 amide bonds. The number of rotatable bonds is 7. The largest absolute Gasteiger partial charge is 0.356 e. The lowest BCUT2D eigenvalue weighted by molar-refractivity contribution is 0.703. The van der Waals surface area contributed by atoms with Crippen LogP contribution >= 0.6 is 24.0 Å². The quantitative estimate of drug-likeness (QED) is 0.282. The number of aryl methyl sites for hydroxylation is 1. The second-order valence-corrected chi connectivity index (χ2v) is 5.08. The van der Waals surface area contributed by atoms with Gasteiger partial charge in [0.15, 0.2) is 5.96 Å². The van der Waals surface area contributed by atoms with E-state index in [2.05, 4.69) is 38.6 Å². The molecule has 0 atom stereocenters. The number of para-hydroxylation sites is 2. The zero-order valence-corrected chi connectivity index (χ0v) is 15.7. The Bertz CT molecular complexity index is 546. The van der Waals surface area contributed by atoms with E-state index in [9.17, 15) is 0 Å². The number of imidazole rings is 1. The number of aliphatic imine (C=N–C) groups is 1. The summed E-state index contributed by atoms with van der Waals surface area (Å²) in [5, 5.41) is 6.64. The molecule has 1 aromatic carbocycles. The number of nitrogens with zero attached hydrogens (tertiary/aromatic N) is 2. The van der Waals surface area contributed by atoms with Crippen molar-refractivity contribution in [3.63, 3.8) is 0 Å². The van der Waals surface area contributed by atoms with Crippen molar-refractivity contribution in [2.75, 3.05) is 20.1 Å². The smallest absolute Gasteiger partial charge is 0.190 e. The van der Waals surface area contributed by atoms with Crippen molar-refractivity contribution in [3.8, 4) is 0 Å². The number of hydrogen-bond acceptors (Lipinski definition) is 2. The van der Waals surface area contributed by atoms with Crippen LogP contribution in [-0.4, -0.2) is 36.1 Å². The average molecular weight is 415 g/mol. The summed E-state index contributed by atoms with van der Waals surface area (Å²) < 4.78 is 0. The molecule has 122 valence electrons. The third-order valence-corrected chi connectivity index (χ3v) is 3.37. The molecule has 1 aromatic heterocycles. The van der Waals surface area contributed by atoms with E-state index in [1.807, 2.05) is 18.2 Å². The fourth-order valence-corrected chi connectivity index (χ4v) is 2.19. The number of aromatic amines is 1. The number of nitrogens with one attached hydrogen (secondary N) is 3. The van der Waals surface area contributed by atoms with Gasteiger partial charge in [0.2, 0.25) is 0 Å². The topological polar surface area (TPSA) is 65.1 Å². The van der Waals surface area contributed by atoms with Gasteiger partial charge in [0.25, 0.3) is 0 Å². The lowest BCUT2D eigenvalue weighted by atomic mass is 10.3. The summed E-state index contributed by atoms with van der Waals surface area (Å²) in [6.07, 6.45) is 4.32. The average Bonchev–Trinajstić information content (AvgIpc) is 2.92. The Hall–Kier alpha value is -1.31. The van der Waals surface area contributed by atoms with E-state index < -0.39 is 0 Å². The van der Waals surface area contributed by atoms with E-state index in [1.165, 1.54) is 12.8 Å². The van der Waals surface area contributed by atoms with Crippen LogP contribution in [0.15, 0.2) is 29.3 Å². The summed E-state index contributed by atoms with van der Waals surface area (Å²) in [4.78, 5) is 12.1. The number of unbranched alkanes of at least 4 members (excludes halogenated alkanes) is 1. The van der Waals surface area contributed by atoms with Crippen molar-refractivity contribution in [1.29, 1.82) is 0 Å². The predicted molar refractivity (Wildman–Crippen MR) is 104 cm³/mol. The van der Waals surface area contributed by atoms with Gasteiger partial charge in [0.05, 0.1) is 11.0 Å². The summed E-state index contributed by atoms with van der Waals surface area (Å²) in [6.45, 7) is 4.05. The summed E-state index contributed by atoms with van der Waals surface area (Å²) in [5.41, 5.74) is 2.15. The van der Waals surface area contributed by atoms with Crippen LogP contribution in [-0.2, 0) is 6.42 Å². The second kappa shape index (κ2) is 10.4. The van der Waals surface area contributed by atoms with Crippen molar-refractivity contribution < 1.29 is 0 Å². The van der Waals surface area contributed by atoms with E-state index in [-0.39, 0.29) is 24.0 Å². The van der Waals surface area contributed by atoms with E-state index in [0.717, 1.165) is 48.7 Å². The predicted octanol–water partition coefficient (Wildman–Crippen LogP) is 3.08. The van der Waals surface area contributed by atoms with Gasteiger partial charge >= 0.3 is 0 Å². The fourth-order valence-electron chi connectivity index (χ4n) is 2.19. The minimum absolute atomic E-state index is 0. The third kappa shape index (κ3) is 5.82.